The van der Waals surface area contributed by atoms with Crippen LogP contribution in [0.5, 0.6) is 0 Å². The minimum atomic E-state index is -5.83. The lowest BCUT2D eigenvalue weighted by atomic mass is 9.94. The van der Waals surface area contributed by atoms with E-state index in [1.165, 1.54) is 0 Å². The molecule has 0 bridgehead atoms. The minimum Gasteiger partial charge on any atom is -0.390 e. The number of allylic oxidation sites excluding steroid dienone is 1. The molecular formula is C14H22F6O2. The van der Waals surface area contributed by atoms with Gasteiger partial charge in [0.1, 0.15) is 0 Å². The molecule has 0 spiro atoms. The normalized spacial score (nSPS) is 16.3. The van der Waals surface area contributed by atoms with E-state index in [1.54, 1.807) is 20.8 Å². The van der Waals surface area contributed by atoms with Crippen molar-refractivity contribution in [2.45, 2.75) is 70.0 Å². The maximum atomic E-state index is 12.4. The summed E-state index contributed by atoms with van der Waals surface area (Å²) in [5, 5.41) is 18.4. The van der Waals surface area contributed by atoms with Crippen LogP contribution < -0.4 is 0 Å². The first kappa shape index (κ1) is 21.2. The van der Waals surface area contributed by atoms with Gasteiger partial charge >= 0.3 is 12.4 Å². The largest absolute Gasteiger partial charge is 0.429 e. The summed E-state index contributed by atoms with van der Waals surface area (Å²) in [6.45, 7) is 4.91. The van der Waals surface area contributed by atoms with Gasteiger partial charge in [0.15, 0.2) is 0 Å². The zero-order valence-electron chi connectivity index (χ0n) is 12.7. The third kappa shape index (κ3) is 6.56. The molecule has 0 aromatic carbocycles. The van der Waals surface area contributed by atoms with Crippen LogP contribution in [0, 0.1) is 5.92 Å². The molecule has 0 fully saturated rings. The van der Waals surface area contributed by atoms with Crippen LogP contribution in [0.25, 0.3) is 0 Å². The molecule has 0 rings (SSSR count). The number of rotatable bonds is 7. The van der Waals surface area contributed by atoms with Gasteiger partial charge in [-0.1, -0.05) is 25.8 Å². The van der Waals surface area contributed by atoms with Gasteiger partial charge in [-0.3, -0.25) is 0 Å². The van der Waals surface area contributed by atoms with E-state index >= 15 is 0 Å². The molecule has 22 heavy (non-hydrogen) atoms. The molecule has 8 heteroatoms. The second-order valence-corrected chi connectivity index (χ2v) is 6.21. The van der Waals surface area contributed by atoms with Crippen LogP contribution in [0.1, 0.15) is 46.5 Å². The summed E-state index contributed by atoms with van der Waals surface area (Å²) in [6.07, 6.45) is -9.59. The Balaban J connectivity index is 4.62. The molecule has 0 aromatic heterocycles. The first-order valence-electron chi connectivity index (χ1n) is 6.86. The summed E-state index contributed by atoms with van der Waals surface area (Å²) in [5.41, 5.74) is -5.69. The molecule has 0 amide bonds. The highest BCUT2D eigenvalue weighted by atomic mass is 19.4. The highest BCUT2D eigenvalue weighted by Gasteiger charge is 2.68. The quantitative estimate of drug-likeness (QED) is 0.535. The molecule has 0 radical (unpaired) electrons. The van der Waals surface area contributed by atoms with E-state index in [0.717, 1.165) is 0 Å². The number of hydrogen-bond acceptors (Lipinski definition) is 2. The second kappa shape index (κ2) is 7.21. The molecule has 0 aromatic rings. The standard InChI is InChI=1S/C14H22F6O2/c1-10(6-4-8-11(2,3)21)7-5-9-12(22,13(15,16)17)14(18,19)20/h5,9-10,21-22H,4,6-8H2,1-3H3. The summed E-state index contributed by atoms with van der Waals surface area (Å²) >= 11 is 0. The summed E-state index contributed by atoms with van der Waals surface area (Å²) < 4.78 is 74.5. The van der Waals surface area contributed by atoms with E-state index < -0.39 is 23.6 Å². The Morgan fingerprint density at radius 1 is 0.955 bits per heavy atom. The molecule has 0 aliphatic rings. The number of hydrogen-bond donors (Lipinski definition) is 2. The Labute approximate surface area is 125 Å². The van der Waals surface area contributed by atoms with Gasteiger partial charge in [-0.15, -0.1) is 0 Å². The van der Waals surface area contributed by atoms with Gasteiger partial charge in [-0.25, -0.2) is 0 Å². The van der Waals surface area contributed by atoms with Gasteiger partial charge in [0.2, 0.25) is 0 Å². The maximum Gasteiger partial charge on any atom is 0.429 e. The highest BCUT2D eigenvalue weighted by Crippen LogP contribution is 2.44. The van der Waals surface area contributed by atoms with Crippen molar-refractivity contribution < 1.29 is 36.6 Å². The second-order valence-electron chi connectivity index (χ2n) is 6.21. The number of halogens is 6. The summed E-state index contributed by atoms with van der Waals surface area (Å²) in [4.78, 5) is 0. The van der Waals surface area contributed by atoms with Crippen molar-refractivity contribution in [2.75, 3.05) is 0 Å². The smallest absolute Gasteiger partial charge is 0.390 e. The summed E-state index contributed by atoms with van der Waals surface area (Å²) in [7, 11) is 0. The van der Waals surface area contributed by atoms with Crippen LogP contribution in [-0.4, -0.2) is 33.8 Å². The Bertz CT molecular complexity index is 351. The van der Waals surface area contributed by atoms with E-state index in [2.05, 4.69) is 0 Å². The molecule has 0 aliphatic carbocycles. The first-order chi connectivity index (χ1) is 9.60. The molecule has 0 saturated carbocycles. The van der Waals surface area contributed by atoms with Gasteiger partial charge in [0, 0.05) is 0 Å². The Morgan fingerprint density at radius 2 is 1.41 bits per heavy atom. The molecule has 0 aliphatic heterocycles. The van der Waals surface area contributed by atoms with Gasteiger partial charge in [-0.05, 0) is 38.7 Å². The number of alkyl halides is 6. The van der Waals surface area contributed by atoms with Gasteiger partial charge in [0.05, 0.1) is 5.60 Å². The fourth-order valence-corrected chi connectivity index (χ4v) is 1.82. The van der Waals surface area contributed by atoms with Gasteiger partial charge < -0.3 is 10.2 Å². The van der Waals surface area contributed by atoms with E-state index in [0.29, 0.717) is 25.3 Å². The van der Waals surface area contributed by atoms with Crippen LogP contribution in [0.3, 0.4) is 0 Å². The molecule has 0 heterocycles. The third-order valence-corrected chi connectivity index (χ3v) is 3.25. The molecule has 132 valence electrons. The lowest BCUT2D eigenvalue weighted by Gasteiger charge is -2.29. The fourth-order valence-electron chi connectivity index (χ4n) is 1.82. The average molecular weight is 336 g/mol. The summed E-state index contributed by atoms with van der Waals surface area (Å²) in [5.74, 6) is -0.163. The predicted molar refractivity (Wildman–Crippen MR) is 70.1 cm³/mol. The zero-order valence-corrected chi connectivity index (χ0v) is 12.7. The average Bonchev–Trinajstić information content (AvgIpc) is 2.23. The topological polar surface area (TPSA) is 40.5 Å². The minimum absolute atomic E-state index is 0.0275. The van der Waals surface area contributed by atoms with E-state index in [4.69, 9.17) is 5.11 Å². The van der Waals surface area contributed by atoms with Crippen LogP contribution in [0.15, 0.2) is 12.2 Å². The maximum absolute atomic E-state index is 12.4. The molecule has 0 saturated heterocycles. The van der Waals surface area contributed by atoms with Crippen molar-refractivity contribution in [3.05, 3.63) is 12.2 Å². The molecule has 1 atom stereocenters. The van der Waals surface area contributed by atoms with Crippen molar-refractivity contribution >= 4 is 0 Å². The third-order valence-electron chi connectivity index (χ3n) is 3.25. The number of aliphatic hydroxyl groups is 2. The predicted octanol–water partition coefficient (Wildman–Crippen LogP) is 4.37. The lowest BCUT2D eigenvalue weighted by molar-refractivity contribution is -0.347. The molecule has 2 N–H and O–H groups in total. The molecular weight excluding hydrogens is 314 g/mol. The van der Waals surface area contributed by atoms with Gasteiger partial charge in [0.25, 0.3) is 5.60 Å². The van der Waals surface area contributed by atoms with E-state index in [-0.39, 0.29) is 18.4 Å². The van der Waals surface area contributed by atoms with Crippen molar-refractivity contribution in [1.82, 2.24) is 0 Å². The SMILES string of the molecule is CC(CC=CC(O)(C(F)(F)F)C(F)(F)F)CCCC(C)(C)O. The van der Waals surface area contributed by atoms with Crippen LogP contribution in [-0.2, 0) is 0 Å². The first-order valence-corrected chi connectivity index (χ1v) is 6.86. The van der Waals surface area contributed by atoms with E-state index in [1.807, 2.05) is 0 Å². The highest BCUT2D eigenvalue weighted by molar-refractivity contribution is 5.10. The van der Waals surface area contributed by atoms with Crippen LogP contribution >= 0.6 is 0 Å². The Kier molecular flexibility index (Phi) is 6.96. The lowest BCUT2D eigenvalue weighted by Crippen LogP contribution is -2.55. The van der Waals surface area contributed by atoms with Gasteiger partial charge in [-0.2, -0.15) is 26.3 Å². The Morgan fingerprint density at radius 3 is 1.77 bits per heavy atom. The van der Waals surface area contributed by atoms with Crippen LogP contribution in [0.4, 0.5) is 26.3 Å². The Hall–Kier alpha value is -0.760. The zero-order chi connectivity index (χ0) is 17.8. The summed E-state index contributed by atoms with van der Waals surface area (Å²) in [6, 6.07) is 0. The van der Waals surface area contributed by atoms with Crippen LogP contribution in [0.2, 0.25) is 0 Å². The monoisotopic (exact) mass is 336 g/mol. The van der Waals surface area contributed by atoms with Crippen molar-refractivity contribution in [2.24, 2.45) is 5.92 Å². The van der Waals surface area contributed by atoms with Crippen molar-refractivity contribution in [3.63, 3.8) is 0 Å². The molecule has 2 nitrogen and oxygen atoms in total. The van der Waals surface area contributed by atoms with Crippen molar-refractivity contribution in [1.29, 1.82) is 0 Å². The molecule has 1 unspecified atom stereocenters. The fraction of sp³-hybridized carbons (Fsp3) is 0.857. The van der Waals surface area contributed by atoms with E-state index in [9.17, 15) is 31.4 Å². The van der Waals surface area contributed by atoms with Crippen molar-refractivity contribution in [3.8, 4) is 0 Å².